The molecule has 3 aromatic rings. The number of rotatable bonds is 6. The second-order valence-electron chi connectivity index (χ2n) is 7.39. The predicted octanol–water partition coefficient (Wildman–Crippen LogP) is 5.13. The van der Waals surface area contributed by atoms with Crippen LogP contribution in [0.5, 0.6) is 5.75 Å². The first kappa shape index (κ1) is 25.3. The number of hydrogen-bond acceptors (Lipinski definition) is 6. The number of halogens is 4. The van der Waals surface area contributed by atoms with Gasteiger partial charge in [-0.2, -0.15) is 13.2 Å². The molecule has 0 spiro atoms. The van der Waals surface area contributed by atoms with Crippen LogP contribution in [0.25, 0.3) is 0 Å². The summed E-state index contributed by atoms with van der Waals surface area (Å²) in [6.07, 6.45) is -3.26. The van der Waals surface area contributed by atoms with Crippen LogP contribution in [0.15, 0.2) is 59.6 Å². The maximum Gasteiger partial charge on any atom is 0.416 e. The quantitative estimate of drug-likeness (QED) is 0.472. The van der Waals surface area contributed by atoms with Crippen LogP contribution in [0.4, 0.5) is 24.7 Å². The van der Waals surface area contributed by atoms with E-state index in [1.165, 1.54) is 18.3 Å². The van der Waals surface area contributed by atoms with Gasteiger partial charge in [0.2, 0.25) is 0 Å². The molecular weight excluding hydrogens is 495 g/mol. The minimum Gasteiger partial charge on any atom is -0.482 e. The van der Waals surface area contributed by atoms with Crippen LogP contribution in [0, 0.1) is 0 Å². The molecular formula is C22H19ClF3N3O4S. The van der Waals surface area contributed by atoms with Gasteiger partial charge in [-0.1, -0.05) is 23.7 Å². The van der Waals surface area contributed by atoms with Gasteiger partial charge in [0.1, 0.15) is 6.10 Å². The van der Waals surface area contributed by atoms with E-state index < -0.39 is 44.0 Å². The predicted molar refractivity (Wildman–Crippen MR) is 122 cm³/mol. The molecule has 34 heavy (non-hydrogen) atoms. The molecule has 0 aliphatic heterocycles. The zero-order chi connectivity index (χ0) is 25.3. The molecule has 1 heterocycles. The third-order valence-corrected chi connectivity index (χ3v) is 5.99. The number of nitrogens with one attached hydrogen (secondary N) is 1. The van der Waals surface area contributed by atoms with Crippen molar-refractivity contribution in [3.05, 3.63) is 76.4 Å². The first-order chi connectivity index (χ1) is 15.7. The molecule has 0 unspecified atom stereocenters. The number of hydrogen-bond donors (Lipinski definition) is 2. The first-order valence-corrected chi connectivity index (χ1v) is 11.9. The Hall–Kier alpha value is -3.31. The van der Waals surface area contributed by atoms with E-state index >= 15 is 0 Å². The van der Waals surface area contributed by atoms with Crippen LogP contribution in [0.2, 0.25) is 5.02 Å². The number of carbonyl (C=O) groups is 1. The lowest BCUT2D eigenvalue weighted by molar-refractivity contribution is -0.137. The Labute approximate surface area is 198 Å². The average Bonchev–Trinajstić information content (AvgIpc) is 2.75. The second-order valence-corrected chi connectivity index (χ2v) is 9.84. The number of aromatic nitrogens is 1. The summed E-state index contributed by atoms with van der Waals surface area (Å²) in [7, 11) is -3.99. The summed E-state index contributed by atoms with van der Waals surface area (Å²) in [4.78, 5) is 16.0. The SMILES string of the molecule is C[C@@H](Oc1cc(Cl)cnc1N)c1cccc(NC(=O)c2cc(C(F)(F)F)cc(S(C)(=O)=O)c2)c1. The highest BCUT2D eigenvalue weighted by molar-refractivity contribution is 7.90. The van der Waals surface area contributed by atoms with Crippen molar-refractivity contribution in [1.82, 2.24) is 4.98 Å². The monoisotopic (exact) mass is 513 g/mol. The Balaban J connectivity index is 1.86. The van der Waals surface area contributed by atoms with Crippen molar-refractivity contribution in [2.75, 3.05) is 17.3 Å². The van der Waals surface area contributed by atoms with Gasteiger partial charge in [0.25, 0.3) is 5.91 Å². The molecule has 0 aliphatic rings. The smallest absolute Gasteiger partial charge is 0.416 e. The fraction of sp³-hybridized carbons (Fsp3) is 0.182. The highest BCUT2D eigenvalue weighted by Gasteiger charge is 2.33. The molecule has 12 heteroatoms. The van der Waals surface area contributed by atoms with Gasteiger partial charge < -0.3 is 15.8 Å². The molecule has 0 radical (unpaired) electrons. The van der Waals surface area contributed by atoms with Crippen LogP contribution < -0.4 is 15.8 Å². The number of amides is 1. The zero-order valence-corrected chi connectivity index (χ0v) is 19.4. The Kier molecular flexibility index (Phi) is 7.08. The van der Waals surface area contributed by atoms with Crippen LogP contribution >= 0.6 is 11.6 Å². The lowest BCUT2D eigenvalue weighted by atomic mass is 10.1. The number of alkyl halides is 3. The van der Waals surface area contributed by atoms with E-state index in [-0.39, 0.29) is 17.3 Å². The standard InChI is InChI=1S/C22H19ClF3N3O4S/c1-12(33-19-10-16(23)11-28-20(19)27)13-4-3-5-17(7-13)29-21(30)14-6-15(22(24,25)26)9-18(8-14)34(2,31)32/h3-12H,1-2H3,(H2,27,28)(H,29,30)/t12-/m1/s1. The molecule has 1 aromatic heterocycles. The van der Waals surface area contributed by atoms with E-state index in [1.807, 2.05) is 0 Å². The number of anilines is 2. The van der Waals surface area contributed by atoms with Crippen molar-refractivity contribution in [3.63, 3.8) is 0 Å². The molecule has 3 rings (SSSR count). The maximum atomic E-state index is 13.2. The summed E-state index contributed by atoms with van der Waals surface area (Å²) in [5, 5.41) is 2.81. The number of nitrogens with zero attached hydrogens (tertiary/aromatic N) is 1. The van der Waals surface area contributed by atoms with E-state index in [0.717, 1.165) is 12.3 Å². The molecule has 1 atom stereocenters. The molecule has 7 nitrogen and oxygen atoms in total. The molecule has 0 fully saturated rings. The second kappa shape index (κ2) is 9.51. The number of pyridine rings is 1. The molecule has 0 aliphatic carbocycles. The van der Waals surface area contributed by atoms with E-state index in [2.05, 4.69) is 10.3 Å². The summed E-state index contributed by atoms with van der Waals surface area (Å²) >= 11 is 5.91. The topological polar surface area (TPSA) is 111 Å². The Morgan fingerprint density at radius 1 is 1.18 bits per heavy atom. The van der Waals surface area contributed by atoms with Gasteiger partial charge in [0.15, 0.2) is 21.4 Å². The van der Waals surface area contributed by atoms with Crippen molar-refractivity contribution in [2.45, 2.75) is 24.1 Å². The van der Waals surface area contributed by atoms with Crippen LogP contribution in [-0.2, 0) is 16.0 Å². The van der Waals surface area contributed by atoms with Gasteiger partial charge in [0.05, 0.1) is 15.5 Å². The van der Waals surface area contributed by atoms with Gasteiger partial charge in [-0.15, -0.1) is 0 Å². The van der Waals surface area contributed by atoms with E-state index in [1.54, 1.807) is 25.1 Å². The first-order valence-electron chi connectivity index (χ1n) is 9.65. The van der Waals surface area contributed by atoms with Gasteiger partial charge in [-0.25, -0.2) is 13.4 Å². The van der Waals surface area contributed by atoms with Gasteiger partial charge in [0, 0.05) is 29.8 Å². The number of ether oxygens (including phenoxy) is 1. The minimum absolute atomic E-state index is 0.131. The summed E-state index contributed by atoms with van der Waals surface area (Å²) in [6, 6.07) is 9.87. The molecule has 0 bridgehead atoms. The number of sulfone groups is 1. The van der Waals surface area contributed by atoms with Gasteiger partial charge in [-0.3, -0.25) is 4.79 Å². The van der Waals surface area contributed by atoms with Crippen molar-refractivity contribution in [2.24, 2.45) is 0 Å². The molecule has 3 N–H and O–H groups in total. The minimum atomic E-state index is -4.83. The lowest BCUT2D eigenvalue weighted by Crippen LogP contribution is -2.16. The van der Waals surface area contributed by atoms with Crippen LogP contribution in [0.3, 0.4) is 0 Å². The average molecular weight is 514 g/mol. The summed E-state index contributed by atoms with van der Waals surface area (Å²) in [5.41, 5.74) is 4.95. The Morgan fingerprint density at radius 3 is 2.53 bits per heavy atom. The zero-order valence-electron chi connectivity index (χ0n) is 17.9. The normalized spacial score (nSPS) is 12.8. The maximum absolute atomic E-state index is 13.2. The van der Waals surface area contributed by atoms with Crippen molar-refractivity contribution < 1.29 is 31.1 Å². The Morgan fingerprint density at radius 2 is 1.88 bits per heavy atom. The Bertz CT molecular complexity index is 1350. The third-order valence-electron chi connectivity index (χ3n) is 4.69. The number of nitrogens with two attached hydrogens (primary N) is 1. The highest BCUT2D eigenvalue weighted by Crippen LogP contribution is 2.32. The molecule has 0 saturated heterocycles. The lowest BCUT2D eigenvalue weighted by Gasteiger charge is -2.17. The van der Waals surface area contributed by atoms with Crippen molar-refractivity contribution >= 4 is 38.9 Å². The third kappa shape index (κ3) is 6.17. The molecule has 2 aromatic carbocycles. The summed E-state index contributed by atoms with van der Waals surface area (Å²) < 4.78 is 69.2. The summed E-state index contributed by atoms with van der Waals surface area (Å²) in [5.74, 6) is -0.524. The molecule has 180 valence electrons. The van der Waals surface area contributed by atoms with Gasteiger partial charge in [-0.05, 0) is 42.8 Å². The van der Waals surface area contributed by atoms with Gasteiger partial charge >= 0.3 is 6.18 Å². The molecule has 1 amide bonds. The fourth-order valence-electron chi connectivity index (χ4n) is 2.96. The number of nitrogen functional groups attached to an aromatic ring is 1. The number of benzene rings is 2. The van der Waals surface area contributed by atoms with Crippen LogP contribution in [0.1, 0.15) is 34.5 Å². The van der Waals surface area contributed by atoms with E-state index in [0.29, 0.717) is 22.7 Å². The number of carbonyl (C=O) groups excluding carboxylic acids is 1. The van der Waals surface area contributed by atoms with E-state index in [4.69, 9.17) is 22.1 Å². The van der Waals surface area contributed by atoms with Crippen molar-refractivity contribution in [3.8, 4) is 5.75 Å². The van der Waals surface area contributed by atoms with E-state index in [9.17, 15) is 26.4 Å². The summed E-state index contributed by atoms with van der Waals surface area (Å²) in [6.45, 7) is 1.71. The fourth-order valence-corrected chi connectivity index (χ4v) is 3.79. The highest BCUT2D eigenvalue weighted by atomic mass is 35.5. The van der Waals surface area contributed by atoms with Crippen LogP contribution in [-0.4, -0.2) is 25.6 Å². The molecule has 0 saturated carbocycles. The van der Waals surface area contributed by atoms with Crippen molar-refractivity contribution in [1.29, 1.82) is 0 Å². The largest absolute Gasteiger partial charge is 0.482 e.